The quantitative estimate of drug-likeness (QED) is 0.674. The van der Waals surface area contributed by atoms with Crippen LogP contribution in [0.1, 0.15) is 33.1 Å². The molecule has 2 atom stereocenters. The molecular weight excluding hydrogens is 168 g/mol. The number of carbonyl (C=O) groups is 1. The summed E-state index contributed by atoms with van der Waals surface area (Å²) in [5.41, 5.74) is -0.908. The van der Waals surface area contributed by atoms with Crippen molar-refractivity contribution in [1.29, 1.82) is 0 Å². The lowest BCUT2D eigenvalue weighted by Crippen LogP contribution is -2.38. The van der Waals surface area contributed by atoms with E-state index in [-0.39, 0.29) is 5.97 Å². The molecule has 2 unspecified atom stereocenters. The van der Waals surface area contributed by atoms with Crippen LogP contribution in [0.4, 0.5) is 0 Å². The van der Waals surface area contributed by atoms with E-state index in [1.807, 2.05) is 0 Å². The zero-order chi connectivity index (χ0) is 10.1. The predicted molar refractivity (Wildman–Crippen MR) is 49.1 cm³/mol. The Morgan fingerprint density at radius 1 is 1.69 bits per heavy atom. The Morgan fingerprint density at radius 3 is 2.62 bits per heavy atom. The van der Waals surface area contributed by atoms with Gasteiger partial charge in [0.15, 0.2) is 0 Å². The molecule has 0 spiro atoms. The van der Waals surface area contributed by atoms with Crippen LogP contribution >= 0.6 is 0 Å². The van der Waals surface area contributed by atoms with Crippen LogP contribution in [0.2, 0.25) is 0 Å². The molecule has 0 aliphatic heterocycles. The minimum atomic E-state index is -0.908. The molecule has 3 heteroatoms. The summed E-state index contributed by atoms with van der Waals surface area (Å²) in [6.45, 7) is 3.43. The Kier molecular flexibility index (Phi) is 2.96. The van der Waals surface area contributed by atoms with Gasteiger partial charge in [0.25, 0.3) is 0 Å². The molecule has 0 aromatic carbocycles. The molecule has 1 N–H and O–H groups in total. The lowest BCUT2D eigenvalue weighted by atomic mass is 9.86. The second kappa shape index (κ2) is 3.66. The van der Waals surface area contributed by atoms with E-state index >= 15 is 0 Å². The molecule has 1 aliphatic rings. The van der Waals surface area contributed by atoms with E-state index in [0.29, 0.717) is 12.3 Å². The third kappa shape index (κ3) is 2.69. The van der Waals surface area contributed by atoms with Gasteiger partial charge in [0.05, 0.1) is 18.6 Å². The summed E-state index contributed by atoms with van der Waals surface area (Å²) in [5, 5.41) is 9.99. The van der Waals surface area contributed by atoms with Crippen molar-refractivity contribution in [2.24, 2.45) is 11.8 Å². The monoisotopic (exact) mass is 186 g/mol. The first kappa shape index (κ1) is 10.5. The normalized spacial score (nSPS) is 23.4. The summed E-state index contributed by atoms with van der Waals surface area (Å²) in [7, 11) is 1.35. The summed E-state index contributed by atoms with van der Waals surface area (Å²) in [6.07, 6.45) is 3.08. The summed E-state index contributed by atoms with van der Waals surface area (Å²) in [4.78, 5) is 11.2. The highest BCUT2D eigenvalue weighted by atomic mass is 16.5. The van der Waals surface area contributed by atoms with E-state index in [2.05, 4.69) is 4.74 Å². The molecule has 76 valence electrons. The maximum Gasteiger partial charge on any atom is 0.311 e. The number of esters is 1. The second-order valence-electron chi connectivity index (χ2n) is 4.25. The molecule has 1 aliphatic carbocycles. The van der Waals surface area contributed by atoms with Crippen molar-refractivity contribution in [3.05, 3.63) is 0 Å². The van der Waals surface area contributed by atoms with Crippen molar-refractivity contribution < 1.29 is 14.6 Å². The summed E-state index contributed by atoms with van der Waals surface area (Å²) < 4.78 is 4.60. The zero-order valence-electron chi connectivity index (χ0n) is 8.54. The predicted octanol–water partition coefficient (Wildman–Crippen LogP) is 1.35. The van der Waals surface area contributed by atoms with E-state index in [1.54, 1.807) is 13.8 Å². The van der Waals surface area contributed by atoms with E-state index in [1.165, 1.54) is 20.0 Å². The fraction of sp³-hybridized carbons (Fsp3) is 0.900. The van der Waals surface area contributed by atoms with Crippen molar-refractivity contribution in [2.45, 2.75) is 38.7 Å². The zero-order valence-corrected chi connectivity index (χ0v) is 8.54. The lowest BCUT2D eigenvalue weighted by Gasteiger charge is -2.28. The molecule has 0 heterocycles. The molecule has 1 rings (SSSR count). The SMILES string of the molecule is COC(=O)C(C)C(C)(O)CC1CC1. The highest BCUT2D eigenvalue weighted by Crippen LogP contribution is 2.39. The van der Waals surface area contributed by atoms with Gasteiger partial charge in [0.1, 0.15) is 0 Å². The molecule has 1 saturated carbocycles. The number of rotatable bonds is 4. The Labute approximate surface area is 79.1 Å². The summed E-state index contributed by atoms with van der Waals surface area (Å²) >= 11 is 0. The average Bonchev–Trinajstić information content (AvgIpc) is 2.84. The van der Waals surface area contributed by atoms with E-state index < -0.39 is 11.5 Å². The van der Waals surface area contributed by atoms with Gasteiger partial charge < -0.3 is 9.84 Å². The first-order valence-electron chi connectivity index (χ1n) is 4.77. The number of hydrogen-bond donors (Lipinski definition) is 1. The van der Waals surface area contributed by atoms with Crippen molar-refractivity contribution in [3.63, 3.8) is 0 Å². The van der Waals surface area contributed by atoms with E-state index in [9.17, 15) is 9.90 Å². The molecule has 0 aromatic rings. The second-order valence-corrected chi connectivity index (χ2v) is 4.25. The molecular formula is C10H18O3. The molecule has 0 radical (unpaired) electrons. The molecule has 13 heavy (non-hydrogen) atoms. The molecule has 3 nitrogen and oxygen atoms in total. The van der Waals surface area contributed by atoms with Crippen molar-refractivity contribution in [3.8, 4) is 0 Å². The van der Waals surface area contributed by atoms with Gasteiger partial charge in [-0.15, -0.1) is 0 Å². The smallest absolute Gasteiger partial charge is 0.311 e. The number of hydrogen-bond acceptors (Lipinski definition) is 3. The van der Waals surface area contributed by atoms with Crippen LogP contribution < -0.4 is 0 Å². The van der Waals surface area contributed by atoms with Gasteiger partial charge in [0.2, 0.25) is 0 Å². The van der Waals surface area contributed by atoms with Gasteiger partial charge in [-0.1, -0.05) is 12.8 Å². The fourth-order valence-electron chi connectivity index (χ4n) is 1.51. The van der Waals surface area contributed by atoms with E-state index in [0.717, 1.165) is 0 Å². The largest absolute Gasteiger partial charge is 0.469 e. The van der Waals surface area contributed by atoms with Crippen molar-refractivity contribution >= 4 is 5.97 Å². The first-order valence-corrected chi connectivity index (χ1v) is 4.77. The highest BCUT2D eigenvalue weighted by Gasteiger charge is 2.39. The van der Waals surface area contributed by atoms with E-state index in [4.69, 9.17) is 0 Å². The van der Waals surface area contributed by atoms with Gasteiger partial charge in [-0.3, -0.25) is 4.79 Å². The Morgan fingerprint density at radius 2 is 2.23 bits per heavy atom. The topological polar surface area (TPSA) is 46.5 Å². The molecule has 1 fully saturated rings. The number of carbonyl (C=O) groups excluding carboxylic acids is 1. The average molecular weight is 186 g/mol. The van der Waals surface area contributed by atoms with Crippen LogP contribution in [0, 0.1) is 11.8 Å². The van der Waals surface area contributed by atoms with Crippen LogP contribution in [0.15, 0.2) is 0 Å². The van der Waals surface area contributed by atoms with Crippen LogP contribution in [0.25, 0.3) is 0 Å². The Balaban J connectivity index is 2.49. The first-order chi connectivity index (χ1) is 5.97. The molecule has 0 aromatic heterocycles. The van der Waals surface area contributed by atoms with Crippen molar-refractivity contribution in [1.82, 2.24) is 0 Å². The number of aliphatic hydroxyl groups is 1. The maximum absolute atomic E-state index is 11.2. The van der Waals surface area contributed by atoms with Gasteiger partial charge in [-0.2, -0.15) is 0 Å². The molecule has 0 bridgehead atoms. The summed E-state index contributed by atoms with van der Waals surface area (Å²) in [5.74, 6) is -0.147. The maximum atomic E-state index is 11.2. The number of methoxy groups -OCH3 is 1. The van der Waals surface area contributed by atoms with Gasteiger partial charge in [-0.05, 0) is 26.2 Å². The fourth-order valence-corrected chi connectivity index (χ4v) is 1.51. The lowest BCUT2D eigenvalue weighted by molar-refractivity contribution is -0.154. The summed E-state index contributed by atoms with van der Waals surface area (Å²) in [6, 6.07) is 0. The van der Waals surface area contributed by atoms with Crippen LogP contribution in [-0.2, 0) is 9.53 Å². The van der Waals surface area contributed by atoms with Gasteiger partial charge in [-0.25, -0.2) is 0 Å². The third-order valence-electron chi connectivity index (χ3n) is 2.89. The van der Waals surface area contributed by atoms with Crippen LogP contribution in [0.5, 0.6) is 0 Å². The van der Waals surface area contributed by atoms with Crippen LogP contribution in [0.3, 0.4) is 0 Å². The van der Waals surface area contributed by atoms with Crippen molar-refractivity contribution in [2.75, 3.05) is 7.11 Å². The number of ether oxygens (including phenoxy) is 1. The standard InChI is InChI=1S/C10H18O3/c1-7(9(11)13-3)10(2,12)6-8-4-5-8/h7-8,12H,4-6H2,1-3H3. The van der Waals surface area contributed by atoms with Gasteiger partial charge in [0, 0.05) is 0 Å². The highest BCUT2D eigenvalue weighted by molar-refractivity contribution is 5.73. The van der Waals surface area contributed by atoms with Gasteiger partial charge >= 0.3 is 5.97 Å². The minimum absolute atomic E-state index is 0.328. The third-order valence-corrected chi connectivity index (χ3v) is 2.89. The molecule has 0 amide bonds. The Bertz CT molecular complexity index is 194. The van der Waals surface area contributed by atoms with Crippen LogP contribution in [-0.4, -0.2) is 23.8 Å². The Hall–Kier alpha value is -0.570. The molecule has 0 saturated heterocycles. The minimum Gasteiger partial charge on any atom is -0.469 e.